The van der Waals surface area contributed by atoms with Crippen molar-refractivity contribution in [3.8, 4) is 0 Å². The zero-order chi connectivity index (χ0) is 32.7. The summed E-state index contributed by atoms with van der Waals surface area (Å²) in [5.41, 5.74) is -3.63. The van der Waals surface area contributed by atoms with Crippen LogP contribution in [0.5, 0.6) is 0 Å². The number of hydrogen-bond acceptors (Lipinski definition) is 18. The number of aliphatic hydroxyl groups excluding tert-OH is 10. The summed E-state index contributed by atoms with van der Waals surface area (Å²) in [7, 11) is 0. The lowest BCUT2D eigenvalue weighted by atomic mass is 10.0. The first-order chi connectivity index (χ1) is 20.8. The molecular formula is C24H41NO16S3. The number of carbonyl (C=O) groups excluding carboxylic acids is 1. The van der Waals surface area contributed by atoms with Crippen LogP contribution >= 0.6 is 35.3 Å². The topological polar surface area (TPSA) is 296 Å². The van der Waals surface area contributed by atoms with E-state index >= 15 is 0 Å². The van der Waals surface area contributed by atoms with Crippen LogP contribution in [0, 0.1) is 0 Å². The van der Waals surface area contributed by atoms with Crippen LogP contribution in [0.3, 0.4) is 0 Å². The Morgan fingerprint density at radius 3 is 1.55 bits per heavy atom. The molecule has 0 aromatic carbocycles. The van der Waals surface area contributed by atoms with Crippen LogP contribution < -0.4 is 5.32 Å². The first-order valence-corrected chi connectivity index (χ1v) is 16.7. The number of aliphatic carboxylic acids is 1. The molecule has 256 valence electrons. The third-order valence-electron chi connectivity index (χ3n) is 7.35. The maximum absolute atomic E-state index is 11.8. The molecule has 3 fully saturated rings. The Morgan fingerprint density at radius 1 is 0.591 bits per heavy atom. The van der Waals surface area contributed by atoms with Gasteiger partial charge in [-0.3, -0.25) is 9.59 Å². The van der Waals surface area contributed by atoms with Gasteiger partial charge in [-0.25, -0.2) is 0 Å². The predicted molar refractivity (Wildman–Crippen MR) is 154 cm³/mol. The summed E-state index contributed by atoms with van der Waals surface area (Å²) in [6.07, 6.45) is -15.2. The third kappa shape index (κ3) is 9.30. The third-order valence-corrected chi connectivity index (χ3v) is 11.6. The Balaban J connectivity index is 1.68. The summed E-state index contributed by atoms with van der Waals surface area (Å²) in [5.74, 6) is -1.38. The molecule has 12 N–H and O–H groups in total. The quantitative estimate of drug-likeness (QED) is 0.0755. The van der Waals surface area contributed by atoms with Crippen LogP contribution in [0.25, 0.3) is 0 Å². The smallest absolute Gasteiger partial charge is 0.303 e. The molecule has 15 atom stereocenters. The summed E-state index contributed by atoms with van der Waals surface area (Å²) < 4.78 is 16.8. The number of amides is 1. The number of thioether (sulfide) groups is 3. The number of ether oxygens (including phenoxy) is 3. The molecule has 3 aliphatic rings. The van der Waals surface area contributed by atoms with Gasteiger partial charge in [0.25, 0.3) is 0 Å². The molecule has 0 spiro atoms. The normalized spacial score (nSPS) is 43.0. The Kier molecular flexibility index (Phi) is 15.1. The number of aliphatic hydroxyl groups is 10. The van der Waals surface area contributed by atoms with Gasteiger partial charge < -0.3 is 75.7 Å². The minimum absolute atomic E-state index is 0.108. The van der Waals surface area contributed by atoms with Crippen LogP contribution in [0.15, 0.2) is 0 Å². The van der Waals surface area contributed by atoms with Crippen LogP contribution in [0.2, 0.25) is 0 Å². The summed E-state index contributed by atoms with van der Waals surface area (Å²) in [6.45, 7) is -1.92. The van der Waals surface area contributed by atoms with E-state index < -0.39 is 120 Å². The van der Waals surface area contributed by atoms with Gasteiger partial charge in [0.15, 0.2) is 0 Å². The summed E-state index contributed by atoms with van der Waals surface area (Å²) >= 11 is 2.51. The zero-order valence-corrected chi connectivity index (χ0v) is 25.7. The number of hydrogen-bond donors (Lipinski definition) is 12. The number of carboxylic acid groups (broad SMARTS) is 1. The minimum atomic E-state index is -1.71. The van der Waals surface area contributed by atoms with Crippen molar-refractivity contribution in [2.75, 3.05) is 32.1 Å². The van der Waals surface area contributed by atoms with Gasteiger partial charge in [-0.05, 0) is 0 Å². The molecule has 3 rings (SSSR count). The molecule has 17 nitrogen and oxygen atoms in total. The van der Waals surface area contributed by atoms with Gasteiger partial charge in [-0.1, -0.05) is 0 Å². The molecule has 0 aromatic heterocycles. The number of rotatable bonds is 14. The first kappa shape index (κ1) is 37.9. The highest BCUT2D eigenvalue weighted by Gasteiger charge is 2.53. The molecule has 0 bridgehead atoms. The van der Waals surface area contributed by atoms with Crippen molar-refractivity contribution in [2.45, 2.75) is 101 Å². The Hall–Kier alpha value is -0.530. The van der Waals surface area contributed by atoms with E-state index in [0.717, 1.165) is 23.5 Å². The summed E-state index contributed by atoms with van der Waals surface area (Å²) in [6, 6.07) is 0. The Bertz CT molecular complexity index is 925. The van der Waals surface area contributed by atoms with Crippen LogP contribution in [0.4, 0.5) is 0 Å². The number of carboxylic acids is 1. The van der Waals surface area contributed by atoms with Crippen molar-refractivity contribution in [3.05, 3.63) is 0 Å². The zero-order valence-electron chi connectivity index (χ0n) is 23.3. The number of nitrogens with one attached hydrogen (secondary N) is 1. The average molecular weight is 696 g/mol. The molecule has 44 heavy (non-hydrogen) atoms. The second-order valence-corrected chi connectivity index (χ2v) is 14.2. The van der Waals surface area contributed by atoms with Crippen LogP contribution in [-0.4, -0.2) is 188 Å². The van der Waals surface area contributed by atoms with E-state index in [1.165, 1.54) is 0 Å². The van der Waals surface area contributed by atoms with Crippen molar-refractivity contribution >= 4 is 47.2 Å². The van der Waals surface area contributed by atoms with E-state index in [2.05, 4.69) is 5.32 Å². The van der Waals surface area contributed by atoms with E-state index in [9.17, 15) is 60.7 Å². The van der Waals surface area contributed by atoms with Crippen molar-refractivity contribution in [3.63, 3.8) is 0 Å². The molecule has 0 unspecified atom stereocenters. The Labute approximate surface area is 264 Å². The maximum atomic E-state index is 11.8. The van der Waals surface area contributed by atoms with Crippen LogP contribution in [0.1, 0.15) is 12.8 Å². The van der Waals surface area contributed by atoms with E-state index in [1.54, 1.807) is 0 Å². The van der Waals surface area contributed by atoms with Gasteiger partial charge in [0.1, 0.15) is 65.1 Å². The number of carbonyl (C=O) groups is 2. The van der Waals surface area contributed by atoms with Crippen molar-refractivity contribution in [1.82, 2.24) is 5.32 Å². The Morgan fingerprint density at radius 2 is 1.05 bits per heavy atom. The van der Waals surface area contributed by atoms with Gasteiger partial charge in [0.05, 0.1) is 48.9 Å². The van der Waals surface area contributed by atoms with Crippen molar-refractivity contribution < 1.29 is 80.0 Å². The van der Waals surface area contributed by atoms with Crippen molar-refractivity contribution in [1.29, 1.82) is 0 Å². The SMILES string of the molecule is O=C(O)CCC(=O)NCCS[C@@H]1O[C@H](CO)[C@@H](O)[C@H](S[C@@H]2O[C@H](CO)[C@@H](O)[C@H](S[C@@H]3O[C@H](CO)[C@@H](O)[C@H](O)[C@H]3O)[C@H]2O)[C@H]1O. The summed E-state index contributed by atoms with van der Waals surface area (Å²) in [5, 5.41) is 113. The van der Waals surface area contributed by atoms with Crippen molar-refractivity contribution in [2.24, 2.45) is 0 Å². The predicted octanol–water partition coefficient (Wildman–Crippen LogP) is -5.42. The molecule has 3 saturated heterocycles. The summed E-state index contributed by atoms with van der Waals surface area (Å²) in [4.78, 5) is 22.4. The monoisotopic (exact) mass is 695 g/mol. The van der Waals surface area contributed by atoms with Gasteiger partial charge in [0, 0.05) is 18.7 Å². The fourth-order valence-electron chi connectivity index (χ4n) is 4.84. The molecule has 0 aromatic rings. The second-order valence-electron chi connectivity index (χ2n) is 10.4. The fourth-order valence-corrected chi connectivity index (χ4v) is 9.05. The lowest BCUT2D eigenvalue weighted by Crippen LogP contribution is -2.62. The molecule has 3 heterocycles. The highest BCUT2D eigenvalue weighted by Crippen LogP contribution is 2.43. The van der Waals surface area contributed by atoms with E-state index in [-0.39, 0.29) is 25.1 Å². The van der Waals surface area contributed by atoms with Gasteiger partial charge in [-0.15, -0.1) is 35.3 Å². The molecule has 20 heteroatoms. The minimum Gasteiger partial charge on any atom is -0.481 e. The van der Waals surface area contributed by atoms with Gasteiger partial charge >= 0.3 is 5.97 Å². The maximum Gasteiger partial charge on any atom is 0.303 e. The highest BCUT2D eigenvalue weighted by atomic mass is 32.2. The molecule has 0 aliphatic carbocycles. The van der Waals surface area contributed by atoms with Gasteiger partial charge in [-0.2, -0.15) is 0 Å². The molecule has 0 radical (unpaired) electrons. The van der Waals surface area contributed by atoms with E-state index in [1.807, 2.05) is 0 Å². The lowest BCUT2D eigenvalue weighted by Gasteiger charge is -2.48. The van der Waals surface area contributed by atoms with Crippen LogP contribution in [-0.2, 0) is 23.8 Å². The largest absolute Gasteiger partial charge is 0.481 e. The molecule has 0 saturated carbocycles. The van der Waals surface area contributed by atoms with E-state index in [0.29, 0.717) is 11.8 Å². The van der Waals surface area contributed by atoms with Gasteiger partial charge in [0.2, 0.25) is 5.91 Å². The molecule has 3 aliphatic heterocycles. The molecule has 1 amide bonds. The standard InChI is InChI=1S/C24H41NO16S3/c26-5-8-13(32)16(35)17(36)23(40-8)43-21-15(34)10(7-28)41-24(19(21)38)44-20-14(33)9(6-27)39-22(18(20)37)42-4-3-25-11(29)1-2-12(30)31/h8-10,13-24,26-28,32-38H,1-7H2,(H,25,29)(H,30,31)/t8-,9-,10-,13-,14-,15-,16+,17-,18-,19-,20+,21+,22+,23+,24+/m1/s1. The second kappa shape index (κ2) is 17.6. The first-order valence-electron chi connectivity index (χ1n) is 13.8. The lowest BCUT2D eigenvalue weighted by molar-refractivity contribution is -0.206. The highest BCUT2D eigenvalue weighted by molar-refractivity contribution is 8.01. The fraction of sp³-hybridized carbons (Fsp3) is 0.917. The average Bonchev–Trinajstić information content (AvgIpc) is 3.00. The molecular weight excluding hydrogens is 654 g/mol. The van der Waals surface area contributed by atoms with E-state index in [4.69, 9.17) is 19.3 Å².